The van der Waals surface area contributed by atoms with Gasteiger partial charge in [-0.1, -0.05) is 30.3 Å². The molecule has 5 nitrogen and oxygen atoms in total. The van der Waals surface area contributed by atoms with Crippen LogP contribution in [0.2, 0.25) is 0 Å². The minimum absolute atomic E-state index is 0.0693. The number of para-hydroxylation sites is 3. The molecule has 5 heteroatoms. The van der Waals surface area contributed by atoms with Crippen molar-refractivity contribution in [2.24, 2.45) is 0 Å². The number of rotatable bonds is 5. The number of hydrogen-bond acceptors (Lipinski definition) is 4. The number of nitrogens with zero attached hydrogens (tertiary/aromatic N) is 2. The van der Waals surface area contributed by atoms with Crippen molar-refractivity contribution in [3.63, 3.8) is 0 Å². The van der Waals surface area contributed by atoms with Gasteiger partial charge in [0.1, 0.15) is 6.10 Å². The second-order valence-electron chi connectivity index (χ2n) is 7.32. The van der Waals surface area contributed by atoms with Crippen molar-refractivity contribution >= 4 is 16.8 Å². The summed E-state index contributed by atoms with van der Waals surface area (Å²) in [6.45, 7) is 5.85. The molecule has 1 aliphatic rings. The number of hydrogen-bond donors (Lipinski definition) is 0. The van der Waals surface area contributed by atoms with Crippen molar-refractivity contribution < 1.29 is 14.3 Å². The first-order valence-electron chi connectivity index (χ1n) is 10.2. The minimum Gasteiger partial charge on any atom is -0.490 e. The predicted molar refractivity (Wildman–Crippen MR) is 114 cm³/mol. The highest BCUT2D eigenvalue weighted by molar-refractivity contribution is 6.06. The second-order valence-corrected chi connectivity index (χ2v) is 7.32. The third-order valence-electron chi connectivity index (χ3n) is 5.25. The lowest BCUT2D eigenvalue weighted by atomic mass is 10.0. The van der Waals surface area contributed by atoms with Crippen LogP contribution in [-0.4, -0.2) is 41.6 Å². The number of likely N-dealkylation sites (tertiary alicyclic amines) is 1. The molecule has 0 atom stereocenters. The number of benzene rings is 2. The molecule has 3 aromatic rings. The molecule has 0 radical (unpaired) electrons. The number of ether oxygens (including phenoxy) is 2. The third kappa shape index (κ3) is 4.19. The fraction of sp³-hybridized carbons (Fsp3) is 0.333. The van der Waals surface area contributed by atoms with Gasteiger partial charge in [0.15, 0.2) is 11.5 Å². The molecule has 29 heavy (non-hydrogen) atoms. The van der Waals surface area contributed by atoms with Gasteiger partial charge in [-0.3, -0.25) is 9.78 Å². The summed E-state index contributed by atoms with van der Waals surface area (Å²) in [7, 11) is 0. The van der Waals surface area contributed by atoms with E-state index in [4.69, 9.17) is 9.47 Å². The maximum atomic E-state index is 13.2. The van der Waals surface area contributed by atoms with Gasteiger partial charge in [-0.25, -0.2) is 0 Å². The fourth-order valence-electron chi connectivity index (χ4n) is 3.83. The van der Waals surface area contributed by atoms with Crippen molar-refractivity contribution in [1.29, 1.82) is 0 Å². The van der Waals surface area contributed by atoms with E-state index in [2.05, 4.69) is 4.98 Å². The Morgan fingerprint density at radius 2 is 1.76 bits per heavy atom. The van der Waals surface area contributed by atoms with E-state index in [1.807, 2.05) is 73.3 Å². The summed E-state index contributed by atoms with van der Waals surface area (Å²) >= 11 is 0. The maximum Gasteiger partial charge on any atom is 0.254 e. The Labute approximate surface area is 171 Å². The Hall–Kier alpha value is -3.08. The van der Waals surface area contributed by atoms with E-state index in [0.717, 1.165) is 46.5 Å². The standard InChI is InChI=1S/C24H26N2O3/c1-3-28-22-10-6-7-11-23(22)29-18-12-14-26(15-13-18)24(27)20-16-17(2)25-21-9-5-4-8-19(20)21/h4-11,16,18H,3,12-15H2,1-2H3. The van der Waals surface area contributed by atoms with Crippen LogP contribution in [0.3, 0.4) is 0 Å². The molecular weight excluding hydrogens is 364 g/mol. The smallest absolute Gasteiger partial charge is 0.254 e. The SMILES string of the molecule is CCOc1ccccc1OC1CCN(C(=O)c2cc(C)nc3ccccc23)CC1. The van der Waals surface area contributed by atoms with E-state index in [1.165, 1.54) is 0 Å². The number of pyridine rings is 1. The first-order valence-corrected chi connectivity index (χ1v) is 10.2. The summed E-state index contributed by atoms with van der Waals surface area (Å²) in [5.74, 6) is 1.61. The highest BCUT2D eigenvalue weighted by atomic mass is 16.5. The van der Waals surface area contributed by atoms with E-state index in [0.29, 0.717) is 19.7 Å². The van der Waals surface area contributed by atoms with Gasteiger partial charge < -0.3 is 14.4 Å². The number of carbonyl (C=O) groups is 1. The van der Waals surface area contributed by atoms with Crippen LogP contribution in [0.25, 0.3) is 10.9 Å². The van der Waals surface area contributed by atoms with Crippen LogP contribution < -0.4 is 9.47 Å². The molecule has 0 unspecified atom stereocenters. The van der Waals surface area contributed by atoms with Crippen molar-refractivity contribution in [1.82, 2.24) is 9.88 Å². The molecule has 2 heterocycles. The number of carbonyl (C=O) groups excluding carboxylic acids is 1. The summed E-state index contributed by atoms with van der Waals surface area (Å²) in [6, 6.07) is 17.5. The minimum atomic E-state index is 0.0693. The molecule has 150 valence electrons. The van der Waals surface area contributed by atoms with Gasteiger partial charge in [0.05, 0.1) is 17.7 Å². The zero-order valence-electron chi connectivity index (χ0n) is 16.9. The van der Waals surface area contributed by atoms with Crippen LogP contribution in [0.5, 0.6) is 11.5 Å². The molecule has 0 spiro atoms. The Balaban J connectivity index is 1.45. The molecule has 2 aromatic carbocycles. The average molecular weight is 390 g/mol. The zero-order chi connectivity index (χ0) is 20.2. The Morgan fingerprint density at radius 3 is 2.52 bits per heavy atom. The summed E-state index contributed by atoms with van der Waals surface area (Å²) in [5.41, 5.74) is 2.45. The van der Waals surface area contributed by atoms with E-state index >= 15 is 0 Å². The van der Waals surface area contributed by atoms with Gasteiger partial charge in [0, 0.05) is 37.0 Å². The van der Waals surface area contributed by atoms with E-state index in [-0.39, 0.29) is 12.0 Å². The third-order valence-corrected chi connectivity index (χ3v) is 5.25. The van der Waals surface area contributed by atoms with Crippen LogP contribution in [0.1, 0.15) is 35.8 Å². The number of aryl methyl sites for hydroxylation is 1. The molecule has 1 aliphatic heterocycles. The molecule has 1 fully saturated rings. The van der Waals surface area contributed by atoms with Gasteiger partial charge in [-0.2, -0.15) is 0 Å². The Bertz CT molecular complexity index is 1010. The van der Waals surface area contributed by atoms with Crippen LogP contribution in [0.15, 0.2) is 54.6 Å². The lowest BCUT2D eigenvalue weighted by molar-refractivity contribution is 0.0591. The Kier molecular flexibility index (Phi) is 5.65. The van der Waals surface area contributed by atoms with Crippen LogP contribution in [0, 0.1) is 6.92 Å². The van der Waals surface area contributed by atoms with E-state index in [1.54, 1.807) is 0 Å². The van der Waals surface area contributed by atoms with E-state index in [9.17, 15) is 4.79 Å². The normalized spacial score (nSPS) is 14.8. The van der Waals surface area contributed by atoms with Crippen molar-refractivity contribution in [2.45, 2.75) is 32.8 Å². The number of aromatic nitrogens is 1. The summed E-state index contributed by atoms with van der Waals surface area (Å²) < 4.78 is 11.8. The average Bonchev–Trinajstić information content (AvgIpc) is 2.75. The van der Waals surface area contributed by atoms with Gasteiger partial charge in [-0.05, 0) is 38.1 Å². The Morgan fingerprint density at radius 1 is 1.07 bits per heavy atom. The molecule has 1 aromatic heterocycles. The van der Waals surface area contributed by atoms with Crippen LogP contribution in [0.4, 0.5) is 0 Å². The first kappa shape index (κ1) is 19.2. The zero-order valence-corrected chi connectivity index (χ0v) is 16.9. The van der Waals surface area contributed by atoms with Crippen LogP contribution >= 0.6 is 0 Å². The van der Waals surface area contributed by atoms with Crippen molar-refractivity contribution in [2.75, 3.05) is 19.7 Å². The molecule has 1 saturated heterocycles. The molecule has 0 saturated carbocycles. The molecule has 0 N–H and O–H groups in total. The first-order chi connectivity index (χ1) is 14.2. The highest BCUT2D eigenvalue weighted by Gasteiger charge is 2.26. The molecule has 0 bridgehead atoms. The highest BCUT2D eigenvalue weighted by Crippen LogP contribution is 2.30. The van der Waals surface area contributed by atoms with Gasteiger partial charge in [-0.15, -0.1) is 0 Å². The van der Waals surface area contributed by atoms with Crippen LogP contribution in [-0.2, 0) is 0 Å². The summed E-state index contributed by atoms with van der Waals surface area (Å²) in [4.78, 5) is 19.7. The van der Waals surface area contributed by atoms with E-state index < -0.39 is 0 Å². The summed E-state index contributed by atoms with van der Waals surface area (Å²) in [5, 5.41) is 0.909. The molecule has 4 rings (SSSR count). The molecular formula is C24H26N2O3. The van der Waals surface area contributed by atoms with Crippen molar-refractivity contribution in [3.05, 3.63) is 65.9 Å². The van der Waals surface area contributed by atoms with Gasteiger partial charge in [0.25, 0.3) is 5.91 Å². The molecule has 1 amide bonds. The predicted octanol–water partition coefficient (Wildman–Crippen LogP) is 4.63. The van der Waals surface area contributed by atoms with Crippen molar-refractivity contribution in [3.8, 4) is 11.5 Å². The summed E-state index contributed by atoms with van der Waals surface area (Å²) in [6.07, 6.45) is 1.68. The largest absolute Gasteiger partial charge is 0.490 e. The fourth-order valence-corrected chi connectivity index (χ4v) is 3.83. The lowest BCUT2D eigenvalue weighted by Crippen LogP contribution is -2.41. The number of piperidine rings is 1. The second kappa shape index (κ2) is 8.52. The topological polar surface area (TPSA) is 51.7 Å². The molecule has 0 aliphatic carbocycles. The number of amides is 1. The quantitative estimate of drug-likeness (QED) is 0.638. The lowest BCUT2D eigenvalue weighted by Gasteiger charge is -2.32. The number of fused-ring (bicyclic) bond motifs is 1. The monoisotopic (exact) mass is 390 g/mol. The maximum absolute atomic E-state index is 13.2. The van der Waals surface area contributed by atoms with Gasteiger partial charge in [0.2, 0.25) is 0 Å². The van der Waals surface area contributed by atoms with Gasteiger partial charge >= 0.3 is 0 Å².